The van der Waals surface area contributed by atoms with Crippen molar-refractivity contribution in [2.24, 2.45) is 0 Å². The fourth-order valence-electron chi connectivity index (χ4n) is 2.82. The highest BCUT2D eigenvalue weighted by atomic mass is 16.5. The number of carbonyl (C=O) groups excluding carboxylic acids is 1. The molecule has 9 nitrogen and oxygen atoms in total. The third-order valence-corrected chi connectivity index (χ3v) is 4.52. The van der Waals surface area contributed by atoms with Crippen molar-refractivity contribution in [3.63, 3.8) is 0 Å². The van der Waals surface area contributed by atoms with Crippen LogP contribution in [0.15, 0.2) is 24.5 Å². The van der Waals surface area contributed by atoms with Gasteiger partial charge in [0.1, 0.15) is 12.1 Å². The average Bonchev–Trinajstić information content (AvgIpc) is 3.16. The maximum absolute atomic E-state index is 12.6. The second-order valence-corrected chi connectivity index (χ2v) is 6.14. The minimum Gasteiger partial charge on any atom is -0.494 e. The number of tetrazole rings is 1. The fourth-order valence-corrected chi connectivity index (χ4v) is 2.82. The van der Waals surface area contributed by atoms with Crippen molar-refractivity contribution in [2.45, 2.75) is 13.0 Å². The van der Waals surface area contributed by atoms with Crippen molar-refractivity contribution in [2.75, 3.05) is 45.7 Å². The monoisotopic (exact) mass is 345 g/mol. The number of hydrogen-bond acceptors (Lipinski definition) is 7. The van der Waals surface area contributed by atoms with E-state index in [-0.39, 0.29) is 11.9 Å². The molecule has 1 aliphatic rings. The molecule has 1 N–H and O–H groups in total. The molecular formula is C16H23N7O2. The second kappa shape index (κ2) is 7.58. The summed E-state index contributed by atoms with van der Waals surface area (Å²) in [6, 6.07) is 5.21. The van der Waals surface area contributed by atoms with Crippen molar-refractivity contribution in [3.05, 3.63) is 24.5 Å². The highest BCUT2D eigenvalue weighted by molar-refractivity contribution is 5.96. The number of benzene rings is 1. The molecule has 0 aliphatic carbocycles. The minimum atomic E-state index is -0.197. The SMILES string of the molecule is COc1cc(-n2cnnn2)ccc1NC(=O)C(C)N1CCN(C)CC1. The van der Waals surface area contributed by atoms with E-state index < -0.39 is 0 Å². The molecule has 1 fully saturated rings. The molecule has 1 saturated heterocycles. The van der Waals surface area contributed by atoms with Gasteiger partial charge >= 0.3 is 0 Å². The van der Waals surface area contributed by atoms with Crippen LogP contribution in [-0.4, -0.2) is 82.3 Å². The van der Waals surface area contributed by atoms with Gasteiger partial charge in [-0.15, -0.1) is 5.10 Å². The Balaban J connectivity index is 1.70. The standard InChI is InChI=1S/C16H23N7O2/c1-12(22-8-6-21(2)7-9-22)16(24)18-14-5-4-13(10-15(14)25-3)23-11-17-19-20-23/h4-5,10-12H,6-9H2,1-3H3,(H,18,24). The number of amides is 1. The van der Waals surface area contributed by atoms with E-state index in [4.69, 9.17) is 4.74 Å². The van der Waals surface area contributed by atoms with Crippen LogP contribution in [0.25, 0.3) is 5.69 Å². The Kier molecular flexibility index (Phi) is 5.25. The van der Waals surface area contributed by atoms with Crippen molar-refractivity contribution < 1.29 is 9.53 Å². The predicted octanol–water partition coefficient (Wildman–Crippen LogP) is 0.245. The van der Waals surface area contributed by atoms with Crippen LogP contribution in [0.5, 0.6) is 5.75 Å². The average molecular weight is 345 g/mol. The molecule has 2 aromatic rings. The van der Waals surface area contributed by atoms with Crippen molar-refractivity contribution >= 4 is 11.6 Å². The van der Waals surface area contributed by atoms with E-state index in [0.717, 1.165) is 31.9 Å². The van der Waals surface area contributed by atoms with Gasteiger partial charge in [-0.3, -0.25) is 9.69 Å². The molecule has 1 amide bonds. The first-order valence-electron chi connectivity index (χ1n) is 8.23. The highest BCUT2D eigenvalue weighted by Crippen LogP contribution is 2.27. The van der Waals surface area contributed by atoms with Crippen LogP contribution in [-0.2, 0) is 4.79 Å². The summed E-state index contributed by atoms with van der Waals surface area (Å²) in [7, 11) is 3.66. The predicted molar refractivity (Wildman–Crippen MR) is 92.9 cm³/mol. The Morgan fingerprint density at radius 2 is 2.04 bits per heavy atom. The Hall–Kier alpha value is -2.52. The zero-order chi connectivity index (χ0) is 17.8. The van der Waals surface area contributed by atoms with E-state index in [9.17, 15) is 4.79 Å². The van der Waals surface area contributed by atoms with Gasteiger partial charge in [0.25, 0.3) is 0 Å². The maximum Gasteiger partial charge on any atom is 0.241 e. The van der Waals surface area contributed by atoms with E-state index in [1.165, 1.54) is 11.0 Å². The minimum absolute atomic E-state index is 0.0435. The van der Waals surface area contributed by atoms with Gasteiger partial charge in [-0.2, -0.15) is 0 Å². The van der Waals surface area contributed by atoms with Crippen LogP contribution in [0.4, 0.5) is 5.69 Å². The van der Waals surface area contributed by atoms with E-state index in [0.29, 0.717) is 11.4 Å². The van der Waals surface area contributed by atoms with Gasteiger partial charge in [-0.1, -0.05) is 0 Å². The van der Waals surface area contributed by atoms with Crippen LogP contribution in [0, 0.1) is 0 Å². The summed E-state index contributed by atoms with van der Waals surface area (Å²) in [5.74, 6) is 0.518. The molecule has 25 heavy (non-hydrogen) atoms. The smallest absolute Gasteiger partial charge is 0.241 e. The van der Waals surface area contributed by atoms with Crippen LogP contribution >= 0.6 is 0 Å². The lowest BCUT2D eigenvalue weighted by molar-refractivity contribution is -0.121. The first-order valence-corrected chi connectivity index (χ1v) is 8.23. The fraction of sp³-hybridized carbons (Fsp3) is 0.500. The Labute approximate surface area is 146 Å². The lowest BCUT2D eigenvalue weighted by atomic mass is 10.2. The van der Waals surface area contributed by atoms with Crippen LogP contribution in [0.2, 0.25) is 0 Å². The highest BCUT2D eigenvalue weighted by Gasteiger charge is 2.25. The van der Waals surface area contributed by atoms with Gasteiger partial charge < -0.3 is 15.0 Å². The number of rotatable bonds is 5. The molecule has 9 heteroatoms. The lowest BCUT2D eigenvalue weighted by Crippen LogP contribution is -2.51. The molecule has 0 spiro atoms. The molecule has 1 unspecified atom stereocenters. The Bertz CT molecular complexity index is 711. The molecule has 2 heterocycles. The zero-order valence-corrected chi connectivity index (χ0v) is 14.7. The van der Waals surface area contributed by atoms with Gasteiger partial charge in [0.05, 0.1) is 24.5 Å². The molecule has 3 rings (SSSR count). The number of hydrogen-bond donors (Lipinski definition) is 1. The number of methoxy groups -OCH3 is 1. The van der Waals surface area contributed by atoms with Gasteiger partial charge in [0.2, 0.25) is 5.91 Å². The summed E-state index contributed by atoms with van der Waals surface area (Å²) in [5, 5.41) is 14.0. The van der Waals surface area contributed by atoms with E-state index >= 15 is 0 Å². The number of ether oxygens (including phenoxy) is 1. The quantitative estimate of drug-likeness (QED) is 0.831. The second-order valence-electron chi connectivity index (χ2n) is 6.14. The molecular weight excluding hydrogens is 322 g/mol. The lowest BCUT2D eigenvalue weighted by Gasteiger charge is -2.35. The molecule has 1 aromatic carbocycles. The van der Waals surface area contributed by atoms with Gasteiger partial charge in [0.15, 0.2) is 0 Å². The van der Waals surface area contributed by atoms with Crippen LogP contribution < -0.4 is 10.1 Å². The first kappa shape index (κ1) is 17.3. The Morgan fingerprint density at radius 3 is 2.68 bits per heavy atom. The maximum atomic E-state index is 12.6. The van der Waals surface area contributed by atoms with Crippen molar-refractivity contribution in [1.82, 2.24) is 30.0 Å². The van der Waals surface area contributed by atoms with Gasteiger partial charge in [-0.05, 0) is 36.5 Å². The summed E-state index contributed by atoms with van der Waals surface area (Å²) < 4.78 is 6.94. The molecule has 0 saturated carbocycles. The van der Waals surface area contributed by atoms with E-state index in [1.807, 2.05) is 13.0 Å². The summed E-state index contributed by atoms with van der Waals surface area (Å²) in [6.45, 7) is 5.66. The number of aromatic nitrogens is 4. The molecule has 1 atom stereocenters. The van der Waals surface area contributed by atoms with Crippen LogP contribution in [0.1, 0.15) is 6.92 Å². The Morgan fingerprint density at radius 1 is 1.28 bits per heavy atom. The third kappa shape index (κ3) is 3.94. The van der Waals surface area contributed by atoms with Gasteiger partial charge in [-0.25, -0.2) is 4.68 Å². The molecule has 1 aliphatic heterocycles. The molecule has 0 bridgehead atoms. The summed E-state index contributed by atoms with van der Waals surface area (Å²) in [6.07, 6.45) is 1.50. The number of nitrogens with zero attached hydrogens (tertiary/aromatic N) is 6. The summed E-state index contributed by atoms with van der Waals surface area (Å²) in [4.78, 5) is 17.1. The van der Waals surface area contributed by atoms with Crippen molar-refractivity contribution in [3.8, 4) is 11.4 Å². The third-order valence-electron chi connectivity index (χ3n) is 4.52. The summed E-state index contributed by atoms with van der Waals surface area (Å²) >= 11 is 0. The summed E-state index contributed by atoms with van der Waals surface area (Å²) in [5.41, 5.74) is 1.39. The van der Waals surface area contributed by atoms with Crippen molar-refractivity contribution in [1.29, 1.82) is 0 Å². The molecule has 0 radical (unpaired) electrons. The zero-order valence-electron chi connectivity index (χ0n) is 14.7. The van der Waals surface area contributed by atoms with E-state index in [2.05, 4.69) is 37.7 Å². The number of carbonyl (C=O) groups is 1. The molecule has 134 valence electrons. The first-order chi connectivity index (χ1) is 12.1. The van der Waals surface area contributed by atoms with E-state index in [1.54, 1.807) is 19.2 Å². The normalized spacial score (nSPS) is 17.2. The number of anilines is 1. The number of piperazine rings is 1. The number of nitrogens with one attached hydrogen (secondary N) is 1. The molecule has 1 aromatic heterocycles. The van der Waals surface area contributed by atoms with Gasteiger partial charge in [0, 0.05) is 32.2 Å². The number of likely N-dealkylation sites (N-methyl/N-ethyl adjacent to an activating group) is 1. The van der Waals surface area contributed by atoms with Crippen LogP contribution in [0.3, 0.4) is 0 Å². The largest absolute Gasteiger partial charge is 0.494 e. The topological polar surface area (TPSA) is 88.4 Å².